The Hall–Kier alpha value is 0.210. The minimum Gasteiger partial charge on any atom is -0.378 e. The van der Waals surface area contributed by atoms with Gasteiger partial charge in [0.05, 0.1) is 6.10 Å². The number of rotatable bonds is 4. The van der Waals surface area contributed by atoms with Gasteiger partial charge in [0.25, 0.3) is 0 Å². The highest BCUT2D eigenvalue weighted by atomic mass is 35.5. The van der Waals surface area contributed by atoms with Gasteiger partial charge < -0.3 is 10.1 Å². The van der Waals surface area contributed by atoms with Crippen molar-refractivity contribution in [3.8, 4) is 0 Å². The van der Waals surface area contributed by atoms with Gasteiger partial charge in [-0.15, -0.1) is 12.4 Å². The molecule has 0 saturated heterocycles. The van der Waals surface area contributed by atoms with Crippen LogP contribution in [0, 0.1) is 5.92 Å². The Morgan fingerprint density at radius 3 is 2.21 bits per heavy atom. The van der Waals surface area contributed by atoms with Gasteiger partial charge in [0.15, 0.2) is 0 Å². The van der Waals surface area contributed by atoms with E-state index in [-0.39, 0.29) is 12.4 Å². The lowest BCUT2D eigenvalue weighted by molar-refractivity contribution is 0.0171. The summed E-state index contributed by atoms with van der Waals surface area (Å²) in [5, 5.41) is 3.35. The van der Waals surface area contributed by atoms with Crippen LogP contribution >= 0.6 is 12.4 Å². The average Bonchev–Trinajstić information content (AvgIpc) is 2.99. The Bertz CT molecular complexity index is 153. The molecule has 0 radical (unpaired) electrons. The number of ether oxygens (including phenoxy) is 1. The van der Waals surface area contributed by atoms with E-state index in [1.54, 1.807) is 0 Å². The van der Waals surface area contributed by atoms with Crippen LogP contribution in [-0.2, 0) is 4.74 Å². The van der Waals surface area contributed by atoms with Crippen molar-refractivity contribution in [3.63, 3.8) is 0 Å². The van der Waals surface area contributed by atoms with Crippen LogP contribution in [0.3, 0.4) is 0 Å². The van der Waals surface area contributed by atoms with Gasteiger partial charge in [-0.2, -0.15) is 0 Å². The molecule has 2 aliphatic rings. The van der Waals surface area contributed by atoms with Crippen LogP contribution in [-0.4, -0.2) is 25.8 Å². The third kappa shape index (κ3) is 3.76. The van der Waals surface area contributed by atoms with E-state index >= 15 is 0 Å². The van der Waals surface area contributed by atoms with Crippen LogP contribution in [0.1, 0.15) is 38.5 Å². The smallest absolute Gasteiger partial charge is 0.0576 e. The topological polar surface area (TPSA) is 21.3 Å². The number of halogens is 1. The maximum absolute atomic E-state index is 5.87. The third-order valence-corrected chi connectivity index (χ3v) is 3.35. The van der Waals surface area contributed by atoms with Crippen molar-refractivity contribution in [3.05, 3.63) is 0 Å². The summed E-state index contributed by atoms with van der Waals surface area (Å²) in [6, 6.07) is 0.751. The molecule has 0 aromatic carbocycles. The maximum atomic E-state index is 5.87. The number of hydrogen-bond acceptors (Lipinski definition) is 2. The molecular weight excluding hydrogens is 198 g/mol. The van der Waals surface area contributed by atoms with Crippen molar-refractivity contribution in [2.75, 3.05) is 13.7 Å². The van der Waals surface area contributed by atoms with Gasteiger partial charge in [-0.25, -0.2) is 0 Å². The maximum Gasteiger partial charge on any atom is 0.0576 e. The van der Waals surface area contributed by atoms with E-state index in [0.29, 0.717) is 6.10 Å². The molecule has 0 aromatic heterocycles. The Morgan fingerprint density at radius 1 is 1.07 bits per heavy atom. The molecule has 0 unspecified atom stereocenters. The highest BCUT2D eigenvalue weighted by Gasteiger charge is 2.25. The van der Waals surface area contributed by atoms with Crippen molar-refractivity contribution in [1.82, 2.24) is 5.32 Å². The van der Waals surface area contributed by atoms with Gasteiger partial charge in [-0.1, -0.05) is 0 Å². The molecule has 2 nitrogen and oxygen atoms in total. The zero-order chi connectivity index (χ0) is 9.10. The standard InChI is InChI=1S/C11H21NO.ClH/c1-12-10-4-6-11(7-5-10)13-8-9-2-3-9;/h9-12H,2-8H2,1H3;1H. The van der Waals surface area contributed by atoms with E-state index in [2.05, 4.69) is 12.4 Å². The summed E-state index contributed by atoms with van der Waals surface area (Å²) in [5.74, 6) is 0.919. The summed E-state index contributed by atoms with van der Waals surface area (Å²) in [7, 11) is 2.07. The van der Waals surface area contributed by atoms with E-state index in [4.69, 9.17) is 4.74 Å². The van der Waals surface area contributed by atoms with Crippen LogP contribution in [0.5, 0.6) is 0 Å². The zero-order valence-electron chi connectivity index (χ0n) is 9.00. The predicted molar refractivity (Wildman–Crippen MR) is 61.0 cm³/mol. The first-order chi connectivity index (χ1) is 6.38. The monoisotopic (exact) mass is 219 g/mol. The van der Waals surface area contributed by atoms with Crippen molar-refractivity contribution in [2.24, 2.45) is 5.92 Å². The van der Waals surface area contributed by atoms with Crippen molar-refractivity contribution < 1.29 is 4.74 Å². The second-order valence-corrected chi connectivity index (χ2v) is 4.54. The Kier molecular flexibility index (Phi) is 5.21. The molecule has 0 amide bonds. The molecule has 0 spiro atoms. The summed E-state index contributed by atoms with van der Waals surface area (Å²) in [6.07, 6.45) is 8.51. The van der Waals surface area contributed by atoms with Crippen LogP contribution in [0.4, 0.5) is 0 Å². The predicted octanol–water partition coefficient (Wildman–Crippen LogP) is 2.37. The summed E-state index contributed by atoms with van der Waals surface area (Å²) >= 11 is 0. The fourth-order valence-electron chi connectivity index (χ4n) is 2.07. The molecule has 3 heteroatoms. The Morgan fingerprint density at radius 2 is 1.71 bits per heavy atom. The second-order valence-electron chi connectivity index (χ2n) is 4.54. The molecule has 2 rings (SSSR count). The molecule has 2 aliphatic carbocycles. The molecule has 1 N–H and O–H groups in total. The van der Waals surface area contributed by atoms with E-state index in [1.165, 1.54) is 38.5 Å². The molecule has 14 heavy (non-hydrogen) atoms. The van der Waals surface area contributed by atoms with Crippen molar-refractivity contribution >= 4 is 12.4 Å². The van der Waals surface area contributed by atoms with E-state index in [9.17, 15) is 0 Å². The summed E-state index contributed by atoms with van der Waals surface area (Å²) < 4.78 is 5.87. The molecule has 0 bridgehead atoms. The Balaban J connectivity index is 0.000000980. The first-order valence-electron chi connectivity index (χ1n) is 5.67. The number of nitrogens with one attached hydrogen (secondary N) is 1. The zero-order valence-corrected chi connectivity index (χ0v) is 9.81. The number of hydrogen-bond donors (Lipinski definition) is 1. The lowest BCUT2D eigenvalue weighted by Crippen LogP contribution is -2.33. The van der Waals surface area contributed by atoms with Gasteiger partial charge in [0, 0.05) is 12.6 Å². The minimum absolute atomic E-state index is 0. The molecule has 2 fully saturated rings. The molecule has 84 valence electrons. The van der Waals surface area contributed by atoms with E-state index in [1.807, 2.05) is 0 Å². The van der Waals surface area contributed by atoms with Crippen molar-refractivity contribution in [1.29, 1.82) is 0 Å². The lowest BCUT2D eigenvalue weighted by atomic mass is 9.93. The molecular formula is C11H22ClNO. The first-order valence-corrected chi connectivity index (χ1v) is 5.67. The van der Waals surface area contributed by atoms with Gasteiger partial charge >= 0.3 is 0 Å². The summed E-state index contributed by atoms with van der Waals surface area (Å²) in [4.78, 5) is 0. The fourth-order valence-corrected chi connectivity index (χ4v) is 2.07. The highest BCUT2D eigenvalue weighted by Crippen LogP contribution is 2.30. The van der Waals surface area contributed by atoms with Crippen LogP contribution in [0.25, 0.3) is 0 Å². The molecule has 2 saturated carbocycles. The summed E-state index contributed by atoms with van der Waals surface area (Å²) in [5.41, 5.74) is 0. The quantitative estimate of drug-likeness (QED) is 0.784. The Labute approximate surface area is 93.2 Å². The van der Waals surface area contributed by atoms with Gasteiger partial charge in [0.1, 0.15) is 0 Å². The van der Waals surface area contributed by atoms with Gasteiger partial charge in [-0.05, 0) is 51.5 Å². The average molecular weight is 220 g/mol. The van der Waals surface area contributed by atoms with Crippen LogP contribution in [0.15, 0.2) is 0 Å². The largest absolute Gasteiger partial charge is 0.378 e. The molecule has 0 heterocycles. The minimum atomic E-state index is 0. The second kappa shape index (κ2) is 5.94. The summed E-state index contributed by atoms with van der Waals surface area (Å²) in [6.45, 7) is 1.04. The molecule has 0 aliphatic heterocycles. The lowest BCUT2D eigenvalue weighted by Gasteiger charge is -2.28. The van der Waals surface area contributed by atoms with E-state index < -0.39 is 0 Å². The van der Waals surface area contributed by atoms with Crippen molar-refractivity contribution in [2.45, 2.75) is 50.7 Å². The van der Waals surface area contributed by atoms with Gasteiger partial charge in [0.2, 0.25) is 0 Å². The van der Waals surface area contributed by atoms with Crippen LogP contribution in [0.2, 0.25) is 0 Å². The van der Waals surface area contributed by atoms with Gasteiger partial charge in [-0.3, -0.25) is 0 Å². The molecule has 0 aromatic rings. The first kappa shape index (κ1) is 12.3. The third-order valence-electron chi connectivity index (χ3n) is 3.35. The highest BCUT2D eigenvalue weighted by molar-refractivity contribution is 5.85. The SMILES string of the molecule is CNC1CCC(OCC2CC2)CC1.Cl. The normalized spacial score (nSPS) is 32.4. The fraction of sp³-hybridized carbons (Fsp3) is 1.00. The molecule has 0 atom stereocenters. The van der Waals surface area contributed by atoms with Crippen LogP contribution < -0.4 is 5.32 Å². The van der Waals surface area contributed by atoms with E-state index in [0.717, 1.165) is 18.6 Å².